The summed E-state index contributed by atoms with van der Waals surface area (Å²) in [6.45, 7) is 0. The number of rotatable bonds is 4. The summed E-state index contributed by atoms with van der Waals surface area (Å²) < 4.78 is 0.640. The summed E-state index contributed by atoms with van der Waals surface area (Å²) in [6.07, 6.45) is 0.648. The van der Waals surface area contributed by atoms with Crippen LogP contribution < -0.4 is 0 Å². The van der Waals surface area contributed by atoms with Crippen LogP contribution in [0.4, 0.5) is 5.69 Å². The third-order valence-corrected chi connectivity index (χ3v) is 3.79. The molecule has 0 unspecified atom stereocenters. The van der Waals surface area contributed by atoms with E-state index in [1.807, 2.05) is 0 Å². The molecule has 0 radical (unpaired) electrons. The van der Waals surface area contributed by atoms with Gasteiger partial charge in [0.15, 0.2) is 0 Å². The number of nitro groups is 1. The van der Waals surface area contributed by atoms with E-state index in [9.17, 15) is 10.1 Å². The molecule has 1 aromatic carbocycles. The lowest BCUT2D eigenvalue weighted by Gasteiger charge is -1.97. The van der Waals surface area contributed by atoms with Crippen molar-refractivity contribution in [1.82, 2.24) is 10.2 Å². The molecule has 18 heavy (non-hydrogen) atoms. The second-order valence-electron chi connectivity index (χ2n) is 3.40. The van der Waals surface area contributed by atoms with Crippen LogP contribution in [0.15, 0.2) is 22.7 Å². The lowest BCUT2D eigenvalue weighted by Crippen LogP contribution is -1.88. The maximum atomic E-state index is 10.8. The standard InChI is InChI=1S/C10H7BrClN3O2S/c11-7-3-6(4-8(5-7)15(16)17)10-14-13-9(18-10)1-2-12/h3-5H,1-2H2. The fourth-order valence-corrected chi connectivity index (χ4v) is 2.95. The molecule has 0 spiro atoms. The zero-order chi connectivity index (χ0) is 13.1. The third kappa shape index (κ3) is 3.04. The summed E-state index contributed by atoms with van der Waals surface area (Å²) >= 11 is 10.3. The van der Waals surface area contributed by atoms with E-state index >= 15 is 0 Å². The Bertz CT molecular complexity index is 590. The maximum Gasteiger partial charge on any atom is 0.271 e. The van der Waals surface area contributed by atoms with Crippen LogP contribution in [0, 0.1) is 10.1 Å². The van der Waals surface area contributed by atoms with Gasteiger partial charge < -0.3 is 0 Å². The lowest BCUT2D eigenvalue weighted by atomic mass is 10.2. The van der Waals surface area contributed by atoms with E-state index in [1.54, 1.807) is 6.07 Å². The molecule has 5 nitrogen and oxygen atoms in total. The van der Waals surface area contributed by atoms with Gasteiger partial charge in [-0.3, -0.25) is 10.1 Å². The first-order valence-corrected chi connectivity index (χ1v) is 7.08. The molecule has 0 aliphatic rings. The van der Waals surface area contributed by atoms with E-state index in [0.717, 1.165) is 5.01 Å². The molecule has 1 aromatic heterocycles. The summed E-state index contributed by atoms with van der Waals surface area (Å²) in [5.74, 6) is 0.479. The van der Waals surface area contributed by atoms with E-state index in [2.05, 4.69) is 26.1 Å². The minimum Gasteiger partial charge on any atom is -0.258 e. The summed E-state index contributed by atoms with van der Waals surface area (Å²) in [5.41, 5.74) is 0.697. The maximum absolute atomic E-state index is 10.8. The average Bonchev–Trinajstić information content (AvgIpc) is 2.77. The van der Waals surface area contributed by atoms with Gasteiger partial charge >= 0.3 is 0 Å². The molecule has 0 bridgehead atoms. The Morgan fingerprint density at radius 1 is 1.39 bits per heavy atom. The van der Waals surface area contributed by atoms with Crippen LogP contribution in [-0.4, -0.2) is 21.0 Å². The number of non-ortho nitro benzene ring substituents is 1. The van der Waals surface area contributed by atoms with Crippen LogP contribution in [0.2, 0.25) is 0 Å². The quantitative estimate of drug-likeness (QED) is 0.480. The highest BCUT2D eigenvalue weighted by molar-refractivity contribution is 9.10. The first-order valence-electron chi connectivity index (χ1n) is 4.94. The molecule has 0 aliphatic heterocycles. The molecule has 0 aliphatic carbocycles. The molecule has 1 heterocycles. The minimum atomic E-state index is -0.436. The Labute approximate surface area is 120 Å². The smallest absolute Gasteiger partial charge is 0.258 e. The highest BCUT2D eigenvalue weighted by Gasteiger charge is 2.13. The number of nitrogens with zero attached hydrogens (tertiary/aromatic N) is 3. The van der Waals surface area contributed by atoms with Gasteiger partial charge in [-0.2, -0.15) is 0 Å². The summed E-state index contributed by atoms with van der Waals surface area (Å²) in [6, 6.07) is 4.71. The van der Waals surface area contributed by atoms with Crippen LogP contribution >= 0.6 is 38.9 Å². The fraction of sp³-hybridized carbons (Fsp3) is 0.200. The highest BCUT2D eigenvalue weighted by atomic mass is 79.9. The molecule has 0 amide bonds. The van der Waals surface area contributed by atoms with Gasteiger partial charge in [0.2, 0.25) is 0 Å². The van der Waals surface area contributed by atoms with E-state index in [-0.39, 0.29) is 5.69 Å². The minimum absolute atomic E-state index is 0.0217. The van der Waals surface area contributed by atoms with Gasteiger partial charge in [-0.25, -0.2) is 0 Å². The number of alkyl halides is 1. The van der Waals surface area contributed by atoms with Crippen molar-refractivity contribution in [2.45, 2.75) is 6.42 Å². The first-order chi connectivity index (χ1) is 8.60. The average molecular weight is 349 g/mol. The lowest BCUT2D eigenvalue weighted by molar-refractivity contribution is -0.384. The van der Waals surface area contributed by atoms with E-state index in [1.165, 1.54) is 23.5 Å². The van der Waals surface area contributed by atoms with Gasteiger partial charge in [0.05, 0.1) is 4.92 Å². The van der Waals surface area contributed by atoms with Crippen molar-refractivity contribution in [2.24, 2.45) is 0 Å². The van der Waals surface area contributed by atoms with Crippen LogP contribution in [0.5, 0.6) is 0 Å². The second-order valence-corrected chi connectivity index (χ2v) is 5.75. The first kappa shape index (κ1) is 13.4. The molecule has 0 saturated carbocycles. The molecular weight excluding hydrogens is 342 g/mol. The van der Waals surface area contributed by atoms with Gasteiger partial charge in [-0.15, -0.1) is 21.8 Å². The van der Waals surface area contributed by atoms with E-state index < -0.39 is 4.92 Å². The Morgan fingerprint density at radius 3 is 2.83 bits per heavy atom. The molecular formula is C10H7BrClN3O2S. The van der Waals surface area contributed by atoms with Crippen LogP contribution in [0.1, 0.15) is 5.01 Å². The number of halogens is 2. The van der Waals surface area contributed by atoms with Gasteiger partial charge in [-0.1, -0.05) is 27.3 Å². The predicted octanol–water partition coefficient (Wildman–Crippen LogP) is 3.66. The monoisotopic (exact) mass is 347 g/mol. The largest absolute Gasteiger partial charge is 0.271 e. The summed E-state index contributed by atoms with van der Waals surface area (Å²) in [5, 5.41) is 20.3. The van der Waals surface area contributed by atoms with Crippen molar-refractivity contribution in [1.29, 1.82) is 0 Å². The number of benzene rings is 1. The molecule has 2 rings (SSSR count). The fourth-order valence-electron chi connectivity index (χ4n) is 1.36. The highest BCUT2D eigenvalue weighted by Crippen LogP contribution is 2.30. The topological polar surface area (TPSA) is 68.9 Å². The van der Waals surface area contributed by atoms with Gasteiger partial charge in [-0.05, 0) is 6.07 Å². The summed E-state index contributed by atoms with van der Waals surface area (Å²) in [4.78, 5) is 10.3. The predicted molar refractivity (Wildman–Crippen MR) is 74.1 cm³/mol. The normalized spacial score (nSPS) is 10.6. The molecule has 0 atom stereocenters. The number of hydrogen-bond acceptors (Lipinski definition) is 5. The van der Waals surface area contributed by atoms with Crippen LogP contribution in [-0.2, 0) is 6.42 Å². The molecule has 0 fully saturated rings. The number of aryl methyl sites for hydroxylation is 1. The van der Waals surface area contributed by atoms with E-state index in [4.69, 9.17) is 11.6 Å². The summed E-state index contributed by atoms with van der Waals surface area (Å²) in [7, 11) is 0. The zero-order valence-electron chi connectivity index (χ0n) is 8.97. The Morgan fingerprint density at radius 2 is 2.17 bits per heavy atom. The second kappa shape index (κ2) is 5.73. The van der Waals surface area contributed by atoms with Crippen molar-refractivity contribution in [3.63, 3.8) is 0 Å². The molecule has 94 valence electrons. The Balaban J connectivity index is 2.39. The molecule has 0 N–H and O–H groups in total. The van der Waals surface area contributed by atoms with Gasteiger partial charge in [0, 0.05) is 34.5 Å². The number of hydrogen-bond donors (Lipinski definition) is 0. The van der Waals surface area contributed by atoms with Crippen molar-refractivity contribution in [2.75, 3.05) is 5.88 Å². The number of nitro benzene ring substituents is 1. The van der Waals surface area contributed by atoms with Gasteiger partial charge in [0.1, 0.15) is 10.0 Å². The van der Waals surface area contributed by atoms with Crippen molar-refractivity contribution < 1.29 is 4.92 Å². The van der Waals surface area contributed by atoms with Crippen molar-refractivity contribution >= 4 is 44.6 Å². The molecule has 8 heteroatoms. The van der Waals surface area contributed by atoms with E-state index in [0.29, 0.717) is 27.3 Å². The van der Waals surface area contributed by atoms with Crippen molar-refractivity contribution in [3.8, 4) is 10.6 Å². The molecule has 0 saturated heterocycles. The van der Waals surface area contributed by atoms with Gasteiger partial charge in [0.25, 0.3) is 5.69 Å². The SMILES string of the molecule is O=[N+]([O-])c1cc(Br)cc(-c2nnc(CCCl)s2)c1. The Hall–Kier alpha value is -1.05. The third-order valence-electron chi connectivity index (χ3n) is 2.12. The van der Waals surface area contributed by atoms with Crippen molar-refractivity contribution in [3.05, 3.63) is 37.8 Å². The Kier molecular flexibility index (Phi) is 4.26. The van der Waals surface area contributed by atoms with Crippen LogP contribution in [0.25, 0.3) is 10.6 Å². The van der Waals surface area contributed by atoms with Crippen LogP contribution in [0.3, 0.4) is 0 Å². The molecule has 2 aromatic rings. The zero-order valence-corrected chi connectivity index (χ0v) is 12.1. The number of aromatic nitrogens is 2.